The third-order valence-corrected chi connectivity index (χ3v) is 5.31. The van der Waals surface area contributed by atoms with E-state index in [0.717, 1.165) is 24.8 Å². The third kappa shape index (κ3) is 6.18. The van der Waals surface area contributed by atoms with Gasteiger partial charge < -0.3 is 14.2 Å². The minimum Gasteiger partial charge on any atom is -0.462 e. The number of rotatable bonds is 14. The molecule has 4 heteroatoms. The first-order valence-corrected chi connectivity index (χ1v) is 9.94. The van der Waals surface area contributed by atoms with Gasteiger partial charge in [0.05, 0.1) is 5.41 Å². The maximum atomic E-state index is 11.7. The highest BCUT2D eigenvalue weighted by Gasteiger charge is 2.51. The largest absolute Gasteiger partial charge is 0.462 e. The second-order valence-corrected chi connectivity index (χ2v) is 7.28. The Balaban J connectivity index is 3.04. The van der Waals surface area contributed by atoms with Crippen molar-refractivity contribution in [1.82, 2.24) is 0 Å². The first-order chi connectivity index (χ1) is 13.0. The molecule has 0 aliphatic carbocycles. The zero-order chi connectivity index (χ0) is 20.2. The molecule has 0 bridgehead atoms. The fourth-order valence-corrected chi connectivity index (χ4v) is 3.73. The zero-order valence-electron chi connectivity index (χ0n) is 17.5. The van der Waals surface area contributed by atoms with Crippen molar-refractivity contribution >= 4 is 5.97 Å². The minimum absolute atomic E-state index is 0.198. The molecule has 0 saturated heterocycles. The van der Waals surface area contributed by atoms with Crippen LogP contribution in [0.3, 0.4) is 0 Å². The van der Waals surface area contributed by atoms with E-state index in [0.29, 0.717) is 0 Å². The van der Waals surface area contributed by atoms with E-state index in [9.17, 15) is 4.79 Å². The van der Waals surface area contributed by atoms with Gasteiger partial charge in [0, 0.05) is 25.9 Å². The molecule has 1 atom stereocenters. The highest BCUT2D eigenvalue weighted by Crippen LogP contribution is 2.47. The molecule has 0 radical (unpaired) electrons. The van der Waals surface area contributed by atoms with Crippen LogP contribution in [0.2, 0.25) is 0 Å². The van der Waals surface area contributed by atoms with E-state index >= 15 is 0 Å². The number of esters is 1. The lowest BCUT2D eigenvalue weighted by molar-refractivity contribution is -0.293. The quantitative estimate of drug-likeness (QED) is 0.183. The van der Waals surface area contributed by atoms with Crippen molar-refractivity contribution in [2.75, 3.05) is 20.8 Å². The monoisotopic (exact) mass is 376 g/mol. The van der Waals surface area contributed by atoms with E-state index < -0.39 is 17.2 Å². The van der Waals surface area contributed by atoms with E-state index in [-0.39, 0.29) is 6.61 Å². The summed E-state index contributed by atoms with van der Waals surface area (Å²) in [5.74, 6) is -1.43. The Kier molecular flexibility index (Phi) is 10.3. The van der Waals surface area contributed by atoms with E-state index in [2.05, 4.69) is 20.4 Å². The highest BCUT2D eigenvalue weighted by molar-refractivity contribution is 5.81. The summed E-state index contributed by atoms with van der Waals surface area (Å²) < 4.78 is 17.4. The summed E-state index contributed by atoms with van der Waals surface area (Å²) in [6.07, 6.45) is 9.16. The fraction of sp³-hybridized carbons (Fsp3) is 0.609. The Labute approximate surface area is 164 Å². The molecule has 4 nitrogen and oxygen atoms in total. The molecular formula is C23H36O4. The Bertz CT molecular complexity index is 551. The van der Waals surface area contributed by atoms with Crippen LogP contribution in [0.4, 0.5) is 0 Å². The molecule has 0 aromatic heterocycles. The minimum atomic E-state index is -1.00. The first-order valence-electron chi connectivity index (χ1n) is 9.94. The lowest BCUT2D eigenvalue weighted by atomic mass is 9.73. The van der Waals surface area contributed by atoms with Crippen LogP contribution in [-0.4, -0.2) is 26.8 Å². The third-order valence-electron chi connectivity index (χ3n) is 5.31. The molecule has 27 heavy (non-hydrogen) atoms. The second kappa shape index (κ2) is 11.9. The molecule has 0 spiro atoms. The lowest BCUT2D eigenvalue weighted by Gasteiger charge is -2.46. The normalized spacial score (nSPS) is 13.8. The number of unbranched alkanes of at least 4 members (excludes halogenated alkanes) is 5. The van der Waals surface area contributed by atoms with Gasteiger partial charge in [-0.1, -0.05) is 89.3 Å². The van der Waals surface area contributed by atoms with Crippen LogP contribution in [0.25, 0.3) is 0 Å². The maximum absolute atomic E-state index is 11.7. The summed E-state index contributed by atoms with van der Waals surface area (Å²) in [6.45, 7) is 7.97. The van der Waals surface area contributed by atoms with Crippen molar-refractivity contribution < 1.29 is 19.0 Å². The van der Waals surface area contributed by atoms with Crippen molar-refractivity contribution in [2.45, 2.75) is 64.6 Å². The highest BCUT2D eigenvalue weighted by atomic mass is 16.7. The van der Waals surface area contributed by atoms with Gasteiger partial charge in [0.15, 0.2) is 0 Å². The van der Waals surface area contributed by atoms with Crippen LogP contribution >= 0.6 is 0 Å². The summed E-state index contributed by atoms with van der Waals surface area (Å²) in [5, 5.41) is 0. The summed E-state index contributed by atoms with van der Waals surface area (Å²) in [6, 6.07) is 9.86. The van der Waals surface area contributed by atoms with Gasteiger partial charge in [0.2, 0.25) is 5.79 Å². The lowest BCUT2D eigenvalue weighted by Crippen LogP contribution is -2.50. The summed E-state index contributed by atoms with van der Waals surface area (Å²) in [4.78, 5) is 11.7. The van der Waals surface area contributed by atoms with Crippen molar-refractivity contribution in [3.05, 3.63) is 48.6 Å². The average molecular weight is 377 g/mol. The molecule has 0 aliphatic rings. The van der Waals surface area contributed by atoms with Gasteiger partial charge in [-0.05, 0) is 6.42 Å². The SMILES string of the molecule is C=CC(=O)OCC(C)(CCCCCCCC)C(OC)(OC)c1ccccc1. The second-order valence-electron chi connectivity index (χ2n) is 7.28. The summed E-state index contributed by atoms with van der Waals surface area (Å²) >= 11 is 0. The molecule has 0 aliphatic heterocycles. The van der Waals surface area contributed by atoms with Crippen molar-refractivity contribution in [3.63, 3.8) is 0 Å². The van der Waals surface area contributed by atoms with Crippen molar-refractivity contribution in [1.29, 1.82) is 0 Å². The van der Waals surface area contributed by atoms with Gasteiger partial charge in [-0.25, -0.2) is 4.79 Å². The summed E-state index contributed by atoms with van der Waals surface area (Å²) in [7, 11) is 3.29. The Hall–Kier alpha value is -1.65. The van der Waals surface area contributed by atoms with Gasteiger partial charge in [-0.2, -0.15) is 0 Å². The maximum Gasteiger partial charge on any atom is 0.330 e. The van der Waals surface area contributed by atoms with Crippen LogP contribution in [0.15, 0.2) is 43.0 Å². The Morgan fingerprint density at radius 2 is 1.63 bits per heavy atom. The van der Waals surface area contributed by atoms with Crippen LogP contribution < -0.4 is 0 Å². The average Bonchev–Trinajstić information content (AvgIpc) is 2.71. The number of benzene rings is 1. The molecule has 0 saturated carbocycles. The molecule has 152 valence electrons. The topological polar surface area (TPSA) is 44.8 Å². The van der Waals surface area contributed by atoms with Crippen LogP contribution in [-0.2, 0) is 24.8 Å². The number of hydrogen-bond acceptors (Lipinski definition) is 4. The van der Waals surface area contributed by atoms with Gasteiger partial charge in [0.1, 0.15) is 6.61 Å². The Morgan fingerprint density at radius 3 is 2.19 bits per heavy atom. The molecule has 0 heterocycles. The molecule has 1 unspecified atom stereocenters. The van der Waals surface area contributed by atoms with Crippen molar-refractivity contribution in [2.24, 2.45) is 5.41 Å². The van der Waals surface area contributed by atoms with Crippen molar-refractivity contribution in [3.8, 4) is 0 Å². The molecule has 1 rings (SSSR count). The van der Waals surface area contributed by atoms with E-state index in [1.807, 2.05) is 30.3 Å². The molecule has 1 aromatic carbocycles. The molecule has 0 fully saturated rings. The predicted molar refractivity (Wildman–Crippen MR) is 109 cm³/mol. The summed E-state index contributed by atoms with van der Waals surface area (Å²) in [5.41, 5.74) is 0.375. The van der Waals surface area contributed by atoms with Crippen LogP contribution in [0, 0.1) is 5.41 Å². The zero-order valence-corrected chi connectivity index (χ0v) is 17.5. The van der Waals surface area contributed by atoms with E-state index in [4.69, 9.17) is 14.2 Å². The van der Waals surface area contributed by atoms with Crippen LogP contribution in [0.5, 0.6) is 0 Å². The van der Waals surface area contributed by atoms with Crippen LogP contribution in [0.1, 0.15) is 64.4 Å². The number of hydrogen-bond donors (Lipinski definition) is 0. The van der Waals surface area contributed by atoms with Gasteiger partial charge >= 0.3 is 5.97 Å². The number of carbonyl (C=O) groups is 1. The fourth-order valence-electron chi connectivity index (χ4n) is 3.73. The number of carbonyl (C=O) groups excluding carboxylic acids is 1. The first kappa shape index (κ1) is 23.4. The standard InChI is InChI=1S/C23H36O4/c1-6-8-9-10-11-15-18-22(3,19-27-21(24)7-2)23(25-4,26-5)20-16-13-12-14-17-20/h7,12-14,16-17H,2,6,8-11,15,18-19H2,1,3-5H3. The number of methoxy groups -OCH3 is 2. The van der Waals surface area contributed by atoms with E-state index in [1.54, 1.807) is 14.2 Å². The molecular weight excluding hydrogens is 340 g/mol. The van der Waals surface area contributed by atoms with Gasteiger partial charge in [0.25, 0.3) is 0 Å². The van der Waals surface area contributed by atoms with E-state index in [1.165, 1.54) is 31.8 Å². The molecule has 0 amide bonds. The number of ether oxygens (including phenoxy) is 3. The van der Waals surface area contributed by atoms with Gasteiger partial charge in [-0.15, -0.1) is 0 Å². The Morgan fingerprint density at radius 1 is 1.04 bits per heavy atom. The molecule has 1 aromatic rings. The smallest absolute Gasteiger partial charge is 0.330 e. The van der Waals surface area contributed by atoms with Gasteiger partial charge in [-0.3, -0.25) is 0 Å². The predicted octanol–water partition coefficient (Wildman–Crippen LogP) is 5.62. The molecule has 0 N–H and O–H groups in total.